The molecule has 154 valence electrons. The summed E-state index contributed by atoms with van der Waals surface area (Å²) >= 11 is 1.27. The molecule has 0 aliphatic heterocycles. The Bertz CT molecular complexity index is 1170. The summed E-state index contributed by atoms with van der Waals surface area (Å²) in [7, 11) is 0. The zero-order valence-electron chi connectivity index (χ0n) is 16.5. The van der Waals surface area contributed by atoms with E-state index in [9.17, 15) is 20.2 Å². The maximum atomic E-state index is 11.7. The Morgan fingerprint density at radius 3 is 2.45 bits per heavy atom. The average molecular weight is 431 g/mol. The summed E-state index contributed by atoms with van der Waals surface area (Å²) in [6, 6.07) is 16.9. The van der Waals surface area contributed by atoms with Crippen LogP contribution in [-0.4, -0.2) is 22.5 Å². The van der Waals surface area contributed by atoms with E-state index in [0.29, 0.717) is 22.8 Å². The number of nitro benzene ring substituents is 1. The van der Waals surface area contributed by atoms with E-state index >= 15 is 0 Å². The van der Waals surface area contributed by atoms with Crippen molar-refractivity contribution < 1.29 is 14.5 Å². The number of rotatable bonds is 7. The highest BCUT2D eigenvalue weighted by Crippen LogP contribution is 2.30. The average Bonchev–Trinajstić information content (AvgIpc) is 2.79. The maximum Gasteiger partial charge on any atom is 0.338 e. The van der Waals surface area contributed by atoms with Crippen LogP contribution in [0.2, 0.25) is 0 Å². The molecule has 0 atom stereocenters. The molecule has 2 aromatic carbocycles. The highest BCUT2D eigenvalue weighted by atomic mass is 32.2. The Labute approximate surface area is 183 Å². The lowest BCUT2D eigenvalue weighted by Crippen LogP contribution is -2.03. The number of nitriles is 1. The highest BCUT2D eigenvalue weighted by Gasteiger charge is 2.09. The first-order valence-corrected chi connectivity index (χ1v) is 10.1. The van der Waals surface area contributed by atoms with Gasteiger partial charge in [0, 0.05) is 23.2 Å². The SMILES string of the molecule is CCOC(=O)c1ccc(/C=C/c2cnc(Sc3ccc([N+](=O)[O-])cc3)c(C#N)c2)cc1. The zero-order valence-corrected chi connectivity index (χ0v) is 17.3. The molecule has 31 heavy (non-hydrogen) atoms. The van der Waals surface area contributed by atoms with E-state index in [0.717, 1.165) is 16.0 Å². The molecule has 0 radical (unpaired) electrons. The van der Waals surface area contributed by atoms with Gasteiger partial charge < -0.3 is 4.74 Å². The van der Waals surface area contributed by atoms with Crippen LogP contribution < -0.4 is 0 Å². The largest absolute Gasteiger partial charge is 0.462 e. The van der Waals surface area contributed by atoms with Crippen molar-refractivity contribution in [2.24, 2.45) is 0 Å². The first-order valence-electron chi connectivity index (χ1n) is 9.28. The number of nitro groups is 1. The molecule has 0 saturated heterocycles. The van der Waals surface area contributed by atoms with Crippen LogP contribution in [0.3, 0.4) is 0 Å². The molecule has 0 N–H and O–H groups in total. The summed E-state index contributed by atoms with van der Waals surface area (Å²) in [5.41, 5.74) is 2.53. The van der Waals surface area contributed by atoms with Crippen molar-refractivity contribution >= 4 is 35.6 Å². The van der Waals surface area contributed by atoms with Gasteiger partial charge in [0.25, 0.3) is 5.69 Å². The second-order valence-corrected chi connectivity index (χ2v) is 7.32. The summed E-state index contributed by atoms with van der Waals surface area (Å²) in [6.07, 6.45) is 5.34. The fourth-order valence-corrected chi connectivity index (χ4v) is 3.42. The first kappa shape index (κ1) is 21.7. The lowest BCUT2D eigenvalue weighted by molar-refractivity contribution is -0.384. The van der Waals surface area contributed by atoms with Gasteiger partial charge in [0.2, 0.25) is 0 Å². The van der Waals surface area contributed by atoms with E-state index < -0.39 is 4.92 Å². The maximum absolute atomic E-state index is 11.7. The van der Waals surface area contributed by atoms with E-state index in [2.05, 4.69) is 11.1 Å². The number of pyridine rings is 1. The van der Waals surface area contributed by atoms with Crippen molar-refractivity contribution in [2.45, 2.75) is 16.8 Å². The van der Waals surface area contributed by atoms with Gasteiger partial charge in [-0.3, -0.25) is 10.1 Å². The van der Waals surface area contributed by atoms with E-state index in [4.69, 9.17) is 4.74 Å². The van der Waals surface area contributed by atoms with Gasteiger partial charge in [0.1, 0.15) is 11.1 Å². The molecule has 0 bridgehead atoms. The third kappa shape index (κ3) is 5.78. The summed E-state index contributed by atoms with van der Waals surface area (Å²) in [4.78, 5) is 27.1. The van der Waals surface area contributed by atoms with Crippen molar-refractivity contribution in [3.63, 3.8) is 0 Å². The number of aromatic nitrogens is 1. The Balaban J connectivity index is 1.73. The molecule has 0 unspecified atom stereocenters. The molecular formula is C23H17N3O4S. The number of carbonyl (C=O) groups is 1. The number of ether oxygens (including phenoxy) is 1. The Morgan fingerprint density at radius 1 is 1.16 bits per heavy atom. The molecule has 3 aromatic rings. The minimum Gasteiger partial charge on any atom is -0.462 e. The van der Waals surface area contributed by atoms with Crippen molar-refractivity contribution in [1.82, 2.24) is 4.98 Å². The summed E-state index contributed by atoms with van der Waals surface area (Å²) < 4.78 is 4.96. The Hall–Kier alpha value is -3.96. The number of non-ortho nitro benzene ring substituents is 1. The van der Waals surface area contributed by atoms with E-state index in [1.165, 1.54) is 23.9 Å². The predicted octanol–water partition coefficient (Wildman–Crippen LogP) is 5.36. The van der Waals surface area contributed by atoms with Crippen LogP contribution in [0.5, 0.6) is 0 Å². The van der Waals surface area contributed by atoms with Gasteiger partial charge in [0.15, 0.2) is 0 Å². The van der Waals surface area contributed by atoms with Crippen molar-refractivity contribution in [3.05, 3.63) is 93.2 Å². The second-order valence-electron chi connectivity index (χ2n) is 6.26. The monoisotopic (exact) mass is 431 g/mol. The van der Waals surface area contributed by atoms with Gasteiger partial charge in [-0.2, -0.15) is 5.26 Å². The quantitative estimate of drug-likeness (QED) is 0.282. The van der Waals surface area contributed by atoms with Crippen molar-refractivity contribution in [3.8, 4) is 6.07 Å². The fraction of sp³-hybridized carbons (Fsp3) is 0.0870. The van der Waals surface area contributed by atoms with Gasteiger partial charge in [-0.05, 0) is 48.4 Å². The predicted molar refractivity (Wildman–Crippen MR) is 117 cm³/mol. The van der Waals surface area contributed by atoms with Crippen molar-refractivity contribution in [1.29, 1.82) is 5.26 Å². The number of benzene rings is 2. The number of hydrogen-bond donors (Lipinski definition) is 0. The third-order valence-corrected chi connectivity index (χ3v) is 5.17. The number of esters is 1. The first-order chi connectivity index (χ1) is 15.0. The van der Waals surface area contributed by atoms with Crippen molar-refractivity contribution in [2.75, 3.05) is 6.61 Å². The molecular weight excluding hydrogens is 414 g/mol. The molecule has 1 heterocycles. The lowest BCUT2D eigenvalue weighted by Gasteiger charge is -2.04. The fourth-order valence-electron chi connectivity index (χ4n) is 2.61. The second kappa shape index (κ2) is 10.2. The molecule has 0 aliphatic carbocycles. The third-order valence-electron chi connectivity index (χ3n) is 4.14. The molecule has 7 nitrogen and oxygen atoms in total. The minimum absolute atomic E-state index is 0.00795. The van der Waals surface area contributed by atoms with Crippen LogP contribution in [0, 0.1) is 21.4 Å². The normalized spacial score (nSPS) is 10.6. The number of hydrogen-bond acceptors (Lipinski definition) is 7. The highest BCUT2D eigenvalue weighted by molar-refractivity contribution is 7.99. The standard InChI is InChI=1S/C23H17N3O4S/c1-2-30-23(27)18-7-5-16(6-8-18)3-4-17-13-19(14-24)22(25-15-17)31-21-11-9-20(10-12-21)26(28)29/h3-13,15H,2H2,1H3/b4-3+. The Kier molecular flexibility index (Phi) is 7.14. The topological polar surface area (TPSA) is 106 Å². The van der Waals surface area contributed by atoms with E-state index in [-0.39, 0.29) is 11.7 Å². The molecule has 1 aromatic heterocycles. The lowest BCUT2D eigenvalue weighted by atomic mass is 10.1. The molecule has 0 fully saturated rings. The molecule has 0 spiro atoms. The molecule has 0 amide bonds. The van der Waals surface area contributed by atoms with E-state index in [1.54, 1.807) is 55.6 Å². The van der Waals surface area contributed by atoms with Gasteiger partial charge >= 0.3 is 5.97 Å². The van der Waals surface area contributed by atoms with Gasteiger partial charge in [-0.15, -0.1) is 0 Å². The molecule has 0 aliphatic rings. The van der Waals surface area contributed by atoms with Crippen LogP contribution >= 0.6 is 11.8 Å². The van der Waals surface area contributed by atoms with Gasteiger partial charge in [-0.25, -0.2) is 9.78 Å². The number of carbonyl (C=O) groups excluding carboxylic acids is 1. The van der Waals surface area contributed by atoms with Crippen LogP contribution in [0.15, 0.2) is 70.7 Å². The van der Waals surface area contributed by atoms with E-state index in [1.807, 2.05) is 12.2 Å². The zero-order chi connectivity index (χ0) is 22.2. The minimum atomic E-state index is -0.459. The smallest absolute Gasteiger partial charge is 0.338 e. The van der Waals surface area contributed by atoms with Gasteiger partial charge in [0.05, 0.1) is 22.7 Å². The van der Waals surface area contributed by atoms with Crippen LogP contribution in [0.1, 0.15) is 34.0 Å². The molecule has 3 rings (SSSR count). The van der Waals surface area contributed by atoms with Gasteiger partial charge in [-0.1, -0.05) is 36.0 Å². The summed E-state index contributed by atoms with van der Waals surface area (Å²) in [6.45, 7) is 2.08. The summed E-state index contributed by atoms with van der Waals surface area (Å²) in [5.74, 6) is -0.359. The van der Waals surface area contributed by atoms with Crippen LogP contribution in [0.4, 0.5) is 5.69 Å². The Morgan fingerprint density at radius 2 is 1.84 bits per heavy atom. The molecule has 8 heteroatoms. The molecule has 0 saturated carbocycles. The van der Waals surface area contributed by atoms with Crippen LogP contribution in [-0.2, 0) is 4.74 Å². The number of nitrogens with zero attached hydrogens (tertiary/aromatic N) is 3. The van der Waals surface area contributed by atoms with Crippen LogP contribution in [0.25, 0.3) is 12.2 Å². The summed E-state index contributed by atoms with van der Waals surface area (Å²) in [5, 5.41) is 20.8.